The third kappa shape index (κ3) is 7.51. The maximum Gasteiger partial charge on any atom is 0.336 e. The first-order valence-corrected chi connectivity index (χ1v) is 8.21. The molecule has 0 saturated carbocycles. The Morgan fingerprint density at radius 2 is 1.87 bits per heavy atom. The zero-order valence-electron chi connectivity index (χ0n) is 15.2. The fraction of sp³-hybridized carbons (Fsp3) is 0.632. The van der Waals surface area contributed by atoms with Crippen LogP contribution in [-0.2, 0) is 20.7 Å². The van der Waals surface area contributed by atoms with Gasteiger partial charge in [0, 0.05) is 6.42 Å². The van der Waals surface area contributed by atoms with Crippen LogP contribution in [0.3, 0.4) is 0 Å². The monoisotopic (exact) mass is 322 g/mol. The van der Waals surface area contributed by atoms with Crippen LogP contribution < -0.4 is 0 Å². The van der Waals surface area contributed by atoms with Gasteiger partial charge in [-0.3, -0.25) is 0 Å². The van der Waals surface area contributed by atoms with Crippen molar-refractivity contribution in [2.45, 2.75) is 78.1 Å². The van der Waals surface area contributed by atoms with Crippen molar-refractivity contribution in [3.63, 3.8) is 0 Å². The number of benzene rings is 1. The van der Waals surface area contributed by atoms with Crippen LogP contribution in [0.2, 0.25) is 0 Å². The maximum atomic E-state index is 12.5. The van der Waals surface area contributed by atoms with Crippen molar-refractivity contribution in [3.05, 3.63) is 29.8 Å². The first-order chi connectivity index (χ1) is 10.5. The third-order valence-electron chi connectivity index (χ3n) is 3.31. The highest BCUT2D eigenvalue weighted by atomic mass is 16.6. The summed E-state index contributed by atoms with van der Waals surface area (Å²) in [7, 11) is 0. The lowest BCUT2D eigenvalue weighted by Crippen LogP contribution is -2.40. The van der Waals surface area contributed by atoms with Crippen LogP contribution in [0.1, 0.15) is 59.9 Å². The highest BCUT2D eigenvalue weighted by molar-refractivity contribution is 5.75. The van der Waals surface area contributed by atoms with Gasteiger partial charge in [-0.1, -0.05) is 25.5 Å². The summed E-state index contributed by atoms with van der Waals surface area (Å²) in [4.78, 5) is 12.5. The number of carbonyl (C=O) groups is 1. The Kier molecular flexibility index (Phi) is 6.63. The van der Waals surface area contributed by atoms with E-state index in [-0.39, 0.29) is 11.7 Å². The molecule has 0 aliphatic heterocycles. The lowest BCUT2D eigenvalue weighted by atomic mass is 10.0. The SMILES string of the molecule is CCCC(C)(C)OC(Cc1cccc(O)c1)C(=O)OC(C)(C)C. The summed E-state index contributed by atoms with van der Waals surface area (Å²) in [5.41, 5.74) is -0.132. The van der Waals surface area contributed by atoms with Crippen molar-refractivity contribution < 1.29 is 19.4 Å². The predicted octanol–water partition coefficient (Wildman–Crippen LogP) is 4.24. The van der Waals surface area contributed by atoms with E-state index in [0.29, 0.717) is 6.42 Å². The molecule has 23 heavy (non-hydrogen) atoms. The Morgan fingerprint density at radius 3 is 2.39 bits per heavy atom. The Labute approximate surface area is 139 Å². The highest BCUT2D eigenvalue weighted by Crippen LogP contribution is 2.23. The number of aromatic hydroxyl groups is 1. The zero-order chi connectivity index (χ0) is 17.7. The van der Waals surface area contributed by atoms with E-state index in [4.69, 9.17) is 9.47 Å². The van der Waals surface area contributed by atoms with E-state index >= 15 is 0 Å². The number of hydrogen-bond acceptors (Lipinski definition) is 4. The van der Waals surface area contributed by atoms with E-state index in [1.54, 1.807) is 18.2 Å². The predicted molar refractivity (Wildman–Crippen MR) is 91.5 cm³/mol. The number of hydrogen-bond donors (Lipinski definition) is 1. The molecule has 0 aliphatic carbocycles. The molecular weight excluding hydrogens is 292 g/mol. The van der Waals surface area contributed by atoms with Gasteiger partial charge in [0.25, 0.3) is 0 Å². The second kappa shape index (κ2) is 7.82. The molecule has 1 rings (SSSR count). The van der Waals surface area contributed by atoms with Gasteiger partial charge in [0.1, 0.15) is 11.4 Å². The fourth-order valence-corrected chi connectivity index (χ4v) is 2.48. The summed E-state index contributed by atoms with van der Waals surface area (Å²) in [5.74, 6) is -0.191. The first-order valence-electron chi connectivity index (χ1n) is 8.21. The fourth-order valence-electron chi connectivity index (χ4n) is 2.48. The van der Waals surface area contributed by atoms with Gasteiger partial charge in [-0.25, -0.2) is 4.79 Å². The lowest BCUT2D eigenvalue weighted by molar-refractivity contribution is -0.179. The van der Waals surface area contributed by atoms with Crippen molar-refractivity contribution >= 4 is 5.97 Å². The average Bonchev–Trinajstić information content (AvgIpc) is 2.35. The van der Waals surface area contributed by atoms with Crippen molar-refractivity contribution in [1.29, 1.82) is 0 Å². The quantitative estimate of drug-likeness (QED) is 0.763. The Morgan fingerprint density at radius 1 is 1.22 bits per heavy atom. The highest BCUT2D eigenvalue weighted by Gasteiger charge is 2.31. The molecule has 4 heteroatoms. The molecule has 0 heterocycles. The van der Waals surface area contributed by atoms with Crippen LogP contribution in [0, 0.1) is 0 Å². The molecule has 0 bridgehead atoms. The Balaban J connectivity index is 2.93. The van der Waals surface area contributed by atoms with Gasteiger partial charge in [-0.2, -0.15) is 0 Å². The van der Waals surface area contributed by atoms with Gasteiger partial charge in [-0.05, 0) is 58.7 Å². The lowest BCUT2D eigenvalue weighted by Gasteiger charge is -2.31. The van der Waals surface area contributed by atoms with Crippen molar-refractivity contribution in [1.82, 2.24) is 0 Å². The van der Waals surface area contributed by atoms with Crippen molar-refractivity contribution in [2.24, 2.45) is 0 Å². The van der Waals surface area contributed by atoms with Gasteiger partial charge >= 0.3 is 5.97 Å². The standard InChI is InChI=1S/C19H30O4/c1-7-11-19(5,6)22-16(17(21)23-18(2,3)4)13-14-9-8-10-15(20)12-14/h8-10,12,16,20H,7,11,13H2,1-6H3. The average molecular weight is 322 g/mol. The van der Waals surface area contributed by atoms with Crippen LogP contribution in [0.25, 0.3) is 0 Å². The van der Waals surface area contributed by atoms with Gasteiger partial charge in [0.15, 0.2) is 6.10 Å². The smallest absolute Gasteiger partial charge is 0.336 e. The molecule has 0 spiro atoms. The second-order valence-electron chi connectivity index (χ2n) is 7.52. The van der Waals surface area contributed by atoms with Crippen LogP contribution >= 0.6 is 0 Å². The Bertz CT molecular complexity index is 514. The molecule has 0 aliphatic rings. The molecule has 130 valence electrons. The van der Waals surface area contributed by atoms with Crippen LogP contribution in [0.4, 0.5) is 0 Å². The number of ether oxygens (including phenoxy) is 2. The number of rotatable bonds is 7. The van der Waals surface area contributed by atoms with Crippen LogP contribution in [0.5, 0.6) is 5.75 Å². The third-order valence-corrected chi connectivity index (χ3v) is 3.31. The minimum Gasteiger partial charge on any atom is -0.508 e. The number of phenols is 1. The molecule has 0 amide bonds. The number of carbonyl (C=O) groups excluding carboxylic acids is 1. The normalized spacial score (nSPS) is 13.7. The van der Waals surface area contributed by atoms with Crippen LogP contribution in [0.15, 0.2) is 24.3 Å². The summed E-state index contributed by atoms with van der Waals surface area (Å²) >= 11 is 0. The first kappa shape index (κ1) is 19.5. The second-order valence-corrected chi connectivity index (χ2v) is 7.52. The van der Waals surface area contributed by atoms with Gasteiger partial charge < -0.3 is 14.6 Å². The van der Waals surface area contributed by atoms with E-state index < -0.39 is 17.3 Å². The molecule has 1 N–H and O–H groups in total. The number of phenolic OH excluding ortho intramolecular Hbond substituents is 1. The Hall–Kier alpha value is -1.55. The zero-order valence-corrected chi connectivity index (χ0v) is 15.2. The molecule has 0 fully saturated rings. The molecule has 0 aromatic heterocycles. The van der Waals surface area contributed by atoms with Crippen molar-refractivity contribution in [2.75, 3.05) is 0 Å². The van der Waals surface area contributed by atoms with E-state index in [1.165, 1.54) is 0 Å². The molecule has 0 radical (unpaired) electrons. The molecule has 1 atom stereocenters. The number of esters is 1. The summed E-state index contributed by atoms with van der Waals surface area (Å²) in [6, 6.07) is 6.88. The summed E-state index contributed by atoms with van der Waals surface area (Å²) in [6.45, 7) is 11.6. The molecule has 4 nitrogen and oxygen atoms in total. The van der Waals surface area contributed by atoms with Gasteiger partial charge in [0.2, 0.25) is 0 Å². The topological polar surface area (TPSA) is 55.8 Å². The molecule has 1 aromatic carbocycles. The summed E-state index contributed by atoms with van der Waals surface area (Å²) in [5, 5.41) is 9.61. The minimum atomic E-state index is -0.697. The minimum absolute atomic E-state index is 0.179. The van der Waals surface area contributed by atoms with E-state index in [2.05, 4.69) is 6.92 Å². The largest absolute Gasteiger partial charge is 0.508 e. The van der Waals surface area contributed by atoms with E-state index in [9.17, 15) is 9.90 Å². The molecule has 1 unspecified atom stereocenters. The van der Waals surface area contributed by atoms with Gasteiger partial charge in [0.05, 0.1) is 5.60 Å². The molecule has 1 aromatic rings. The molecule has 0 saturated heterocycles. The van der Waals surface area contributed by atoms with E-state index in [0.717, 1.165) is 18.4 Å². The summed E-state index contributed by atoms with van der Waals surface area (Å²) in [6.07, 6.45) is 1.50. The molecular formula is C19H30O4. The van der Waals surface area contributed by atoms with Gasteiger partial charge in [-0.15, -0.1) is 0 Å². The van der Waals surface area contributed by atoms with Crippen molar-refractivity contribution in [3.8, 4) is 5.75 Å². The van der Waals surface area contributed by atoms with E-state index in [1.807, 2.05) is 40.7 Å². The van der Waals surface area contributed by atoms with Crippen LogP contribution in [-0.4, -0.2) is 28.4 Å². The summed E-state index contributed by atoms with van der Waals surface area (Å²) < 4.78 is 11.6. The maximum absolute atomic E-state index is 12.5.